The van der Waals surface area contributed by atoms with Crippen LogP contribution in [-0.4, -0.2) is 18.9 Å². The van der Waals surface area contributed by atoms with Crippen molar-refractivity contribution in [3.8, 4) is 12.4 Å². The zero-order valence-electron chi connectivity index (χ0n) is 23.7. The van der Waals surface area contributed by atoms with E-state index in [9.17, 15) is 10.5 Å². The highest BCUT2D eigenvalue weighted by Crippen LogP contribution is 2.34. The summed E-state index contributed by atoms with van der Waals surface area (Å²) in [6.45, 7) is 4.20. The third kappa shape index (κ3) is 4.06. The predicted molar refractivity (Wildman–Crippen MR) is 167 cm³/mol. The summed E-state index contributed by atoms with van der Waals surface area (Å²) < 4.78 is 4.95. The van der Waals surface area contributed by atoms with Crippen LogP contribution in [0.3, 0.4) is 0 Å². The SMILES string of the molecule is N#CN1Cc2ccc3c(c2)c2cc4ccc2n3CCCCCCn2c3cc(ccc3c3ccc(cc32)CN(C#N)C4)C1. The molecule has 6 aromatic rings. The molecule has 206 valence electrons. The van der Waals surface area contributed by atoms with Crippen LogP contribution < -0.4 is 0 Å². The maximum atomic E-state index is 10.2. The Bertz CT molecular complexity index is 1960. The monoisotopic (exact) mass is 548 g/mol. The number of aromatic nitrogens is 2. The van der Waals surface area contributed by atoms with E-state index >= 15 is 0 Å². The molecule has 12 bridgehead atoms. The Morgan fingerprint density at radius 2 is 0.833 bits per heavy atom. The molecule has 0 N–H and O–H groups in total. The minimum Gasteiger partial charge on any atom is -0.340 e. The van der Waals surface area contributed by atoms with Gasteiger partial charge in [-0.25, -0.2) is 0 Å². The van der Waals surface area contributed by atoms with Gasteiger partial charge in [0.2, 0.25) is 0 Å². The second-order valence-electron chi connectivity index (χ2n) is 12.0. The topological polar surface area (TPSA) is 63.9 Å². The van der Waals surface area contributed by atoms with Gasteiger partial charge in [-0.1, -0.05) is 49.2 Å². The van der Waals surface area contributed by atoms with Gasteiger partial charge in [-0.05, 0) is 71.5 Å². The highest BCUT2D eigenvalue weighted by molar-refractivity contribution is 6.09. The summed E-state index contributed by atoms with van der Waals surface area (Å²) in [6.07, 6.45) is 9.54. The molecule has 6 nitrogen and oxygen atoms in total. The fourth-order valence-electron chi connectivity index (χ4n) is 7.29. The van der Waals surface area contributed by atoms with Crippen LogP contribution >= 0.6 is 0 Å². The summed E-state index contributed by atoms with van der Waals surface area (Å²) in [4.78, 5) is 3.72. The predicted octanol–water partition coefficient (Wildman–Crippen LogP) is 7.76. The van der Waals surface area contributed by atoms with E-state index in [-0.39, 0.29) is 0 Å². The Kier molecular flexibility index (Phi) is 5.83. The zero-order chi connectivity index (χ0) is 28.2. The van der Waals surface area contributed by atoms with Gasteiger partial charge in [-0.15, -0.1) is 0 Å². The largest absolute Gasteiger partial charge is 0.340 e. The molecule has 0 saturated heterocycles. The van der Waals surface area contributed by atoms with Gasteiger partial charge in [-0.2, -0.15) is 10.5 Å². The molecule has 0 spiro atoms. The van der Waals surface area contributed by atoms with E-state index in [0.29, 0.717) is 26.2 Å². The Morgan fingerprint density at radius 1 is 0.429 bits per heavy atom. The Labute approximate surface area is 245 Å². The number of nitriles is 2. The van der Waals surface area contributed by atoms with Gasteiger partial charge in [0, 0.05) is 56.7 Å². The molecule has 0 aliphatic carbocycles. The molecule has 4 aliphatic heterocycles. The molecule has 0 fully saturated rings. The van der Waals surface area contributed by atoms with Crippen LogP contribution in [0.25, 0.3) is 43.6 Å². The summed E-state index contributed by atoms with van der Waals surface area (Å²) in [7, 11) is 0. The first-order valence-electron chi connectivity index (χ1n) is 15.1. The molecule has 42 heavy (non-hydrogen) atoms. The minimum atomic E-state index is 0.561. The van der Waals surface area contributed by atoms with E-state index in [1.165, 1.54) is 56.5 Å². The lowest BCUT2D eigenvalue weighted by Crippen LogP contribution is -2.16. The van der Waals surface area contributed by atoms with Crippen LogP contribution in [-0.2, 0) is 39.3 Å². The molecule has 6 heteroatoms. The lowest BCUT2D eigenvalue weighted by Gasteiger charge is -2.17. The number of hydrogen-bond donors (Lipinski definition) is 0. The molecule has 0 atom stereocenters. The summed E-state index contributed by atoms with van der Waals surface area (Å²) in [5.74, 6) is 0. The maximum Gasteiger partial charge on any atom is 0.179 e. The molecule has 0 amide bonds. The third-order valence-corrected chi connectivity index (χ3v) is 9.28. The number of hydrogen-bond acceptors (Lipinski definition) is 4. The fraction of sp³-hybridized carbons (Fsp3) is 0.278. The number of rotatable bonds is 0. The second-order valence-corrected chi connectivity index (χ2v) is 12.0. The lowest BCUT2D eigenvalue weighted by molar-refractivity contribution is 0.379. The molecule has 0 saturated carbocycles. The zero-order valence-corrected chi connectivity index (χ0v) is 23.7. The van der Waals surface area contributed by atoms with Gasteiger partial charge in [0.1, 0.15) is 0 Å². The average Bonchev–Trinajstić information content (AvgIpc) is 3.48. The maximum absolute atomic E-state index is 10.2. The second kappa shape index (κ2) is 9.86. The van der Waals surface area contributed by atoms with Crippen molar-refractivity contribution < 1.29 is 0 Å². The fourth-order valence-corrected chi connectivity index (χ4v) is 7.29. The van der Waals surface area contributed by atoms with Crippen molar-refractivity contribution in [2.75, 3.05) is 0 Å². The minimum absolute atomic E-state index is 0.561. The van der Waals surface area contributed by atoms with Gasteiger partial charge in [0.15, 0.2) is 12.4 Å². The number of nitrogens with zero attached hydrogens (tertiary/aromatic N) is 6. The van der Waals surface area contributed by atoms with Gasteiger partial charge in [-0.3, -0.25) is 0 Å². The summed E-state index contributed by atoms with van der Waals surface area (Å²) in [5.41, 5.74) is 9.50. The Hall–Kier alpha value is -4.94. The number of fused-ring (bicyclic) bond motifs is 7. The van der Waals surface area contributed by atoms with Crippen LogP contribution in [0.4, 0.5) is 0 Å². The van der Waals surface area contributed by atoms with Crippen molar-refractivity contribution in [2.24, 2.45) is 0 Å². The molecule has 4 aromatic carbocycles. The first-order chi connectivity index (χ1) is 20.7. The van der Waals surface area contributed by atoms with Crippen molar-refractivity contribution >= 4 is 43.6 Å². The van der Waals surface area contributed by atoms with Gasteiger partial charge < -0.3 is 18.9 Å². The van der Waals surface area contributed by atoms with Crippen molar-refractivity contribution in [1.82, 2.24) is 18.9 Å². The first-order valence-corrected chi connectivity index (χ1v) is 15.1. The number of benzene rings is 4. The van der Waals surface area contributed by atoms with E-state index in [1.807, 2.05) is 9.80 Å². The molecular formula is C36H32N6. The average molecular weight is 549 g/mol. The molecule has 2 aromatic heterocycles. The highest BCUT2D eigenvalue weighted by atomic mass is 15.1. The van der Waals surface area contributed by atoms with Gasteiger partial charge >= 0.3 is 0 Å². The van der Waals surface area contributed by atoms with Crippen molar-refractivity contribution in [3.63, 3.8) is 0 Å². The van der Waals surface area contributed by atoms with Crippen molar-refractivity contribution in [1.29, 1.82) is 10.5 Å². The van der Waals surface area contributed by atoms with Gasteiger partial charge in [0.05, 0.1) is 26.2 Å². The van der Waals surface area contributed by atoms with E-state index < -0.39 is 0 Å². The smallest absolute Gasteiger partial charge is 0.179 e. The van der Waals surface area contributed by atoms with E-state index in [4.69, 9.17) is 0 Å². The molecule has 0 radical (unpaired) electrons. The van der Waals surface area contributed by atoms with Crippen LogP contribution in [0.1, 0.15) is 47.9 Å². The molecule has 4 aliphatic rings. The Balaban J connectivity index is 1.40. The lowest BCUT2D eigenvalue weighted by atomic mass is 10.1. The van der Waals surface area contributed by atoms with Crippen LogP contribution in [0.5, 0.6) is 0 Å². The quantitative estimate of drug-likeness (QED) is 0.182. The van der Waals surface area contributed by atoms with Crippen molar-refractivity contribution in [3.05, 3.63) is 95.1 Å². The molecule has 10 rings (SSSR count). The number of aryl methyl sites for hydroxylation is 2. The van der Waals surface area contributed by atoms with Gasteiger partial charge in [0.25, 0.3) is 0 Å². The van der Waals surface area contributed by atoms with E-state index in [1.54, 1.807) is 0 Å². The molecular weight excluding hydrogens is 516 g/mol. The third-order valence-electron chi connectivity index (χ3n) is 9.28. The van der Waals surface area contributed by atoms with Crippen molar-refractivity contribution in [2.45, 2.75) is 65.0 Å². The first kappa shape index (κ1) is 24.8. The molecule has 6 heterocycles. The van der Waals surface area contributed by atoms with E-state index in [0.717, 1.165) is 48.2 Å². The summed E-state index contributed by atoms with van der Waals surface area (Å²) in [5, 5.41) is 25.3. The highest BCUT2D eigenvalue weighted by Gasteiger charge is 2.18. The standard InChI is InChI=1S/C36H32N6/c37-23-39-19-25-7-11-33-31(15-25)32-16-26-8-12-34(32)41(33)13-3-1-2-4-14-42-35-17-27(21-39)5-9-29(35)30-10-6-28(18-36(30)42)22-40(20-26)24-38/h5-12,15-18H,1-4,13-14,19-22H2. The Morgan fingerprint density at radius 3 is 1.29 bits per heavy atom. The summed E-state index contributed by atoms with van der Waals surface area (Å²) in [6, 6.07) is 26.8. The van der Waals surface area contributed by atoms with Crippen LogP contribution in [0.2, 0.25) is 0 Å². The summed E-state index contributed by atoms with van der Waals surface area (Å²) >= 11 is 0. The molecule has 0 unspecified atom stereocenters. The van der Waals surface area contributed by atoms with Crippen LogP contribution in [0.15, 0.2) is 72.8 Å². The van der Waals surface area contributed by atoms with E-state index in [2.05, 4.69) is 94.3 Å². The van der Waals surface area contributed by atoms with Crippen LogP contribution in [0, 0.1) is 22.9 Å². The normalized spacial score (nSPS) is 16.0.